The number of nitrogens with zero attached hydrogens (tertiary/aromatic N) is 2. The predicted octanol–water partition coefficient (Wildman–Crippen LogP) is 3.55. The molecule has 0 fully saturated rings. The van der Waals surface area contributed by atoms with E-state index in [-0.39, 0.29) is 24.0 Å². The fraction of sp³-hybridized carbons (Fsp3) is 0.632. The maximum absolute atomic E-state index is 5.56. The standard InChI is InChI=1S/C19H34N4O.HI/c1-6-7-12-24-13-8-11-21-19(20-3)22-15-17-9-10-18(23(4)5)14-16(17)2;/h9-10,14H,6-8,11-13,15H2,1-5H3,(H2,20,21,22);1H. The Morgan fingerprint density at radius 2 is 1.88 bits per heavy atom. The van der Waals surface area contributed by atoms with Crippen molar-refractivity contribution in [2.45, 2.75) is 39.7 Å². The van der Waals surface area contributed by atoms with E-state index in [1.54, 1.807) is 7.05 Å². The molecule has 144 valence electrons. The Hall–Kier alpha value is -1.02. The summed E-state index contributed by atoms with van der Waals surface area (Å²) in [4.78, 5) is 6.39. The first-order chi connectivity index (χ1) is 11.6. The van der Waals surface area contributed by atoms with Crippen molar-refractivity contribution in [3.63, 3.8) is 0 Å². The Morgan fingerprint density at radius 3 is 2.48 bits per heavy atom. The van der Waals surface area contributed by atoms with Crippen LogP contribution in [-0.4, -0.2) is 46.9 Å². The van der Waals surface area contributed by atoms with Crippen molar-refractivity contribution in [1.29, 1.82) is 0 Å². The highest BCUT2D eigenvalue weighted by Crippen LogP contribution is 2.17. The molecule has 0 aromatic heterocycles. The summed E-state index contributed by atoms with van der Waals surface area (Å²) in [5.74, 6) is 0.833. The van der Waals surface area contributed by atoms with Crippen molar-refractivity contribution in [2.75, 3.05) is 45.8 Å². The van der Waals surface area contributed by atoms with Crippen LogP contribution in [0.5, 0.6) is 0 Å². The van der Waals surface area contributed by atoms with Crippen LogP contribution in [0, 0.1) is 6.92 Å². The van der Waals surface area contributed by atoms with Crippen LogP contribution in [0.2, 0.25) is 0 Å². The summed E-state index contributed by atoms with van der Waals surface area (Å²) in [6, 6.07) is 6.53. The molecular formula is C19H35IN4O. The van der Waals surface area contributed by atoms with Crippen molar-refractivity contribution < 1.29 is 4.74 Å². The van der Waals surface area contributed by atoms with Gasteiger partial charge < -0.3 is 20.3 Å². The summed E-state index contributed by atoms with van der Waals surface area (Å²) < 4.78 is 5.56. The van der Waals surface area contributed by atoms with Gasteiger partial charge in [0, 0.05) is 53.1 Å². The van der Waals surface area contributed by atoms with E-state index in [0.717, 1.165) is 45.1 Å². The monoisotopic (exact) mass is 462 g/mol. The van der Waals surface area contributed by atoms with Gasteiger partial charge in [-0.25, -0.2) is 0 Å². The van der Waals surface area contributed by atoms with Gasteiger partial charge in [-0.1, -0.05) is 19.4 Å². The van der Waals surface area contributed by atoms with Gasteiger partial charge in [-0.05, 0) is 43.0 Å². The lowest BCUT2D eigenvalue weighted by Crippen LogP contribution is -2.37. The minimum absolute atomic E-state index is 0. The molecule has 0 heterocycles. The van der Waals surface area contributed by atoms with Gasteiger partial charge in [0.2, 0.25) is 0 Å². The first-order valence-corrected chi connectivity index (χ1v) is 8.87. The van der Waals surface area contributed by atoms with Gasteiger partial charge >= 0.3 is 0 Å². The van der Waals surface area contributed by atoms with Crippen LogP contribution < -0.4 is 15.5 Å². The van der Waals surface area contributed by atoms with Gasteiger partial charge in [0.05, 0.1) is 0 Å². The van der Waals surface area contributed by atoms with Crippen LogP contribution in [0.1, 0.15) is 37.3 Å². The number of anilines is 1. The molecular weight excluding hydrogens is 427 g/mol. The molecule has 0 bridgehead atoms. The normalized spacial score (nSPS) is 11.0. The number of unbranched alkanes of at least 4 members (excludes halogenated alkanes) is 1. The highest BCUT2D eigenvalue weighted by Gasteiger charge is 2.03. The fourth-order valence-corrected chi connectivity index (χ4v) is 2.29. The minimum atomic E-state index is 0. The van der Waals surface area contributed by atoms with Crippen LogP contribution in [-0.2, 0) is 11.3 Å². The maximum Gasteiger partial charge on any atom is 0.191 e. The molecule has 0 aliphatic carbocycles. The number of hydrogen-bond acceptors (Lipinski definition) is 3. The lowest BCUT2D eigenvalue weighted by atomic mass is 10.1. The number of nitrogens with one attached hydrogen (secondary N) is 2. The number of hydrogen-bond donors (Lipinski definition) is 2. The Bertz CT molecular complexity index is 506. The maximum atomic E-state index is 5.56. The zero-order chi connectivity index (χ0) is 17.8. The second-order valence-corrected chi connectivity index (χ2v) is 6.18. The summed E-state index contributed by atoms with van der Waals surface area (Å²) in [7, 11) is 5.92. The van der Waals surface area contributed by atoms with E-state index in [1.165, 1.54) is 23.2 Å². The van der Waals surface area contributed by atoms with Gasteiger partial charge in [-0.2, -0.15) is 0 Å². The Kier molecular flexibility index (Phi) is 13.6. The number of aliphatic imine (C=N–C) groups is 1. The van der Waals surface area contributed by atoms with E-state index >= 15 is 0 Å². The number of rotatable bonds is 10. The van der Waals surface area contributed by atoms with Crippen LogP contribution in [0.3, 0.4) is 0 Å². The van der Waals surface area contributed by atoms with Gasteiger partial charge in [-0.15, -0.1) is 24.0 Å². The average Bonchev–Trinajstić information content (AvgIpc) is 2.57. The van der Waals surface area contributed by atoms with Crippen molar-refractivity contribution in [1.82, 2.24) is 10.6 Å². The molecule has 6 heteroatoms. The second-order valence-electron chi connectivity index (χ2n) is 6.18. The topological polar surface area (TPSA) is 48.9 Å². The third kappa shape index (κ3) is 9.89. The minimum Gasteiger partial charge on any atom is -0.381 e. The van der Waals surface area contributed by atoms with E-state index in [4.69, 9.17) is 4.74 Å². The first kappa shape index (κ1) is 24.0. The smallest absolute Gasteiger partial charge is 0.191 e. The van der Waals surface area contributed by atoms with E-state index in [9.17, 15) is 0 Å². The highest BCUT2D eigenvalue weighted by molar-refractivity contribution is 14.0. The lowest BCUT2D eigenvalue weighted by molar-refractivity contribution is 0.129. The van der Waals surface area contributed by atoms with Crippen LogP contribution in [0.4, 0.5) is 5.69 Å². The molecule has 25 heavy (non-hydrogen) atoms. The zero-order valence-electron chi connectivity index (χ0n) is 16.4. The molecule has 0 unspecified atom stereocenters. The lowest BCUT2D eigenvalue weighted by Gasteiger charge is -2.16. The van der Waals surface area contributed by atoms with Gasteiger partial charge in [-0.3, -0.25) is 4.99 Å². The van der Waals surface area contributed by atoms with Gasteiger partial charge in [0.25, 0.3) is 0 Å². The molecule has 2 N–H and O–H groups in total. The van der Waals surface area contributed by atoms with E-state index in [2.05, 4.69) is 66.7 Å². The molecule has 1 rings (SSSR count). The summed E-state index contributed by atoms with van der Waals surface area (Å²) >= 11 is 0. The van der Waals surface area contributed by atoms with E-state index in [1.807, 2.05) is 0 Å². The van der Waals surface area contributed by atoms with Crippen molar-refractivity contribution >= 4 is 35.6 Å². The molecule has 5 nitrogen and oxygen atoms in total. The Labute approximate surface area is 170 Å². The Morgan fingerprint density at radius 1 is 1.16 bits per heavy atom. The molecule has 0 aliphatic heterocycles. The SMILES string of the molecule is CCCCOCCCNC(=NC)NCc1ccc(N(C)C)cc1C.I. The highest BCUT2D eigenvalue weighted by atomic mass is 127. The molecule has 0 spiro atoms. The number of guanidine groups is 1. The van der Waals surface area contributed by atoms with Crippen molar-refractivity contribution in [3.8, 4) is 0 Å². The molecule has 0 saturated heterocycles. The third-order valence-corrected chi connectivity index (χ3v) is 3.91. The molecule has 1 aromatic rings. The number of halogens is 1. The molecule has 0 aliphatic rings. The van der Waals surface area contributed by atoms with Crippen LogP contribution in [0.25, 0.3) is 0 Å². The summed E-state index contributed by atoms with van der Waals surface area (Å²) in [6.07, 6.45) is 3.31. The van der Waals surface area contributed by atoms with Gasteiger partial charge in [0.1, 0.15) is 0 Å². The molecule has 0 radical (unpaired) electrons. The van der Waals surface area contributed by atoms with Gasteiger partial charge in [0.15, 0.2) is 5.96 Å². The quantitative estimate of drug-likeness (QED) is 0.242. The largest absolute Gasteiger partial charge is 0.381 e. The third-order valence-electron chi connectivity index (χ3n) is 3.91. The molecule has 1 aromatic carbocycles. The van der Waals surface area contributed by atoms with E-state index in [0.29, 0.717) is 0 Å². The van der Waals surface area contributed by atoms with Crippen LogP contribution in [0.15, 0.2) is 23.2 Å². The fourth-order valence-electron chi connectivity index (χ4n) is 2.29. The second kappa shape index (κ2) is 14.2. The summed E-state index contributed by atoms with van der Waals surface area (Å²) in [5.41, 5.74) is 3.79. The molecule has 0 atom stereocenters. The van der Waals surface area contributed by atoms with E-state index < -0.39 is 0 Å². The zero-order valence-corrected chi connectivity index (χ0v) is 18.7. The molecule has 0 amide bonds. The Balaban J connectivity index is 0.00000576. The van der Waals surface area contributed by atoms with Crippen molar-refractivity contribution in [2.24, 2.45) is 4.99 Å². The first-order valence-electron chi connectivity index (χ1n) is 8.87. The summed E-state index contributed by atoms with van der Waals surface area (Å²) in [5, 5.41) is 6.70. The molecule has 0 saturated carbocycles. The average molecular weight is 462 g/mol. The number of benzene rings is 1. The predicted molar refractivity (Wildman–Crippen MR) is 119 cm³/mol. The van der Waals surface area contributed by atoms with Crippen molar-refractivity contribution in [3.05, 3.63) is 29.3 Å². The van der Waals surface area contributed by atoms with Crippen LogP contribution >= 0.6 is 24.0 Å². The number of aryl methyl sites for hydroxylation is 1. The number of ether oxygens (including phenoxy) is 1. The summed E-state index contributed by atoms with van der Waals surface area (Å²) in [6.45, 7) is 7.63.